The van der Waals surface area contributed by atoms with Gasteiger partial charge in [-0.3, -0.25) is 4.90 Å². The first kappa shape index (κ1) is 13.0. The van der Waals surface area contributed by atoms with Gasteiger partial charge < -0.3 is 10.5 Å². The molecule has 1 aliphatic rings. The number of rotatable bonds is 4. The Kier molecular flexibility index (Phi) is 4.20. The Morgan fingerprint density at radius 1 is 1.47 bits per heavy atom. The summed E-state index contributed by atoms with van der Waals surface area (Å²) in [6.45, 7) is 8.13. The van der Waals surface area contributed by atoms with Gasteiger partial charge in [-0.05, 0) is 31.7 Å². The molecule has 96 valence electrons. The summed E-state index contributed by atoms with van der Waals surface area (Å²) in [5.74, 6) is 0. The highest BCUT2D eigenvalue weighted by Crippen LogP contribution is 2.23. The summed E-state index contributed by atoms with van der Waals surface area (Å²) >= 11 is 1.79. The van der Waals surface area contributed by atoms with Gasteiger partial charge in [0.15, 0.2) is 0 Å². The maximum Gasteiger partial charge on any atom is 0.0594 e. The lowest BCUT2D eigenvalue weighted by Crippen LogP contribution is -2.59. The fourth-order valence-corrected chi connectivity index (χ4v) is 3.03. The minimum atomic E-state index is 0.0355. The molecule has 1 aromatic rings. The molecule has 4 heteroatoms. The van der Waals surface area contributed by atoms with Crippen LogP contribution in [0.15, 0.2) is 17.5 Å². The van der Waals surface area contributed by atoms with Crippen LogP contribution in [0.3, 0.4) is 0 Å². The molecule has 2 rings (SSSR count). The average Bonchev–Trinajstić information content (AvgIpc) is 2.83. The summed E-state index contributed by atoms with van der Waals surface area (Å²) in [6, 6.07) is 4.42. The third-order valence-corrected chi connectivity index (χ3v) is 4.63. The zero-order chi connectivity index (χ0) is 12.3. The first-order chi connectivity index (χ1) is 8.10. The minimum Gasteiger partial charge on any atom is -0.379 e. The molecule has 1 atom stereocenters. The van der Waals surface area contributed by atoms with Gasteiger partial charge in [0.1, 0.15) is 0 Å². The Labute approximate surface area is 108 Å². The molecule has 0 bridgehead atoms. The topological polar surface area (TPSA) is 38.5 Å². The van der Waals surface area contributed by atoms with Crippen LogP contribution in [0.5, 0.6) is 0 Å². The van der Waals surface area contributed by atoms with Crippen molar-refractivity contribution in [2.24, 2.45) is 5.73 Å². The molecule has 1 saturated heterocycles. The van der Waals surface area contributed by atoms with Gasteiger partial charge >= 0.3 is 0 Å². The second kappa shape index (κ2) is 5.48. The first-order valence-corrected chi connectivity index (χ1v) is 7.09. The SMILES string of the molecule is CC(C)(C(N)Cc1cccs1)N1CCOCC1. The van der Waals surface area contributed by atoms with E-state index in [1.165, 1.54) is 4.88 Å². The number of thiophene rings is 1. The van der Waals surface area contributed by atoms with Gasteiger partial charge in [-0.1, -0.05) is 6.07 Å². The Hall–Kier alpha value is -0.420. The third-order valence-electron chi connectivity index (χ3n) is 3.73. The van der Waals surface area contributed by atoms with Crippen LogP contribution in [0.4, 0.5) is 0 Å². The van der Waals surface area contributed by atoms with E-state index in [2.05, 4.69) is 36.3 Å². The highest BCUT2D eigenvalue weighted by Gasteiger charge is 2.34. The number of nitrogens with two attached hydrogens (primary N) is 1. The Morgan fingerprint density at radius 3 is 2.76 bits per heavy atom. The van der Waals surface area contributed by atoms with Crippen LogP contribution in [0, 0.1) is 0 Å². The quantitative estimate of drug-likeness (QED) is 0.889. The van der Waals surface area contributed by atoms with E-state index < -0.39 is 0 Å². The van der Waals surface area contributed by atoms with E-state index in [1.54, 1.807) is 11.3 Å². The van der Waals surface area contributed by atoms with Crippen LogP contribution >= 0.6 is 11.3 Å². The molecule has 0 amide bonds. The largest absolute Gasteiger partial charge is 0.379 e. The smallest absolute Gasteiger partial charge is 0.0594 e. The van der Waals surface area contributed by atoms with Crippen molar-refractivity contribution in [2.75, 3.05) is 26.3 Å². The van der Waals surface area contributed by atoms with Gasteiger partial charge in [-0.2, -0.15) is 0 Å². The van der Waals surface area contributed by atoms with E-state index in [-0.39, 0.29) is 11.6 Å². The van der Waals surface area contributed by atoms with Gasteiger partial charge in [0, 0.05) is 29.5 Å². The van der Waals surface area contributed by atoms with E-state index in [9.17, 15) is 0 Å². The molecule has 1 unspecified atom stereocenters. The molecule has 1 aromatic heterocycles. The molecular formula is C13H22N2OS. The van der Waals surface area contributed by atoms with Crippen LogP contribution in [0.25, 0.3) is 0 Å². The van der Waals surface area contributed by atoms with Crippen molar-refractivity contribution in [3.05, 3.63) is 22.4 Å². The van der Waals surface area contributed by atoms with E-state index in [1.807, 2.05) is 0 Å². The second-order valence-corrected chi connectivity index (χ2v) is 6.18. The van der Waals surface area contributed by atoms with Crippen LogP contribution in [-0.2, 0) is 11.2 Å². The van der Waals surface area contributed by atoms with Gasteiger partial charge in [0.25, 0.3) is 0 Å². The van der Waals surface area contributed by atoms with E-state index in [0.717, 1.165) is 32.7 Å². The van der Waals surface area contributed by atoms with Gasteiger partial charge in [-0.25, -0.2) is 0 Å². The normalized spacial score (nSPS) is 20.4. The van der Waals surface area contributed by atoms with Crippen molar-refractivity contribution >= 4 is 11.3 Å². The predicted octanol–water partition coefficient (Wildman–Crippen LogP) is 1.73. The van der Waals surface area contributed by atoms with Crippen molar-refractivity contribution in [3.8, 4) is 0 Å². The molecule has 3 nitrogen and oxygen atoms in total. The van der Waals surface area contributed by atoms with Crippen LogP contribution in [0.2, 0.25) is 0 Å². The lowest BCUT2D eigenvalue weighted by atomic mass is 9.90. The highest BCUT2D eigenvalue weighted by molar-refractivity contribution is 7.09. The van der Waals surface area contributed by atoms with E-state index >= 15 is 0 Å². The second-order valence-electron chi connectivity index (χ2n) is 5.14. The lowest BCUT2D eigenvalue weighted by Gasteiger charge is -2.44. The average molecular weight is 254 g/mol. The standard InChI is InChI=1S/C13H22N2OS/c1-13(2,15-5-7-16-8-6-15)12(14)10-11-4-3-9-17-11/h3-4,9,12H,5-8,10,14H2,1-2H3. The molecular weight excluding hydrogens is 232 g/mol. The van der Waals surface area contributed by atoms with Crippen molar-refractivity contribution in [1.82, 2.24) is 4.90 Å². The molecule has 0 spiro atoms. The van der Waals surface area contributed by atoms with Crippen molar-refractivity contribution in [2.45, 2.75) is 31.8 Å². The highest BCUT2D eigenvalue weighted by atomic mass is 32.1. The maximum absolute atomic E-state index is 6.40. The number of ether oxygens (including phenoxy) is 1. The molecule has 2 heterocycles. The third kappa shape index (κ3) is 3.07. The predicted molar refractivity (Wildman–Crippen MR) is 72.5 cm³/mol. The number of nitrogens with zero attached hydrogens (tertiary/aromatic N) is 1. The van der Waals surface area contributed by atoms with E-state index in [4.69, 9.17) is 10.5 Å². The molecule has 0 aliphatic carbocycles. The number of morpholine rings is 1. The maximum atomic E-state index is 6.40. The van der Waals surface area contributed by atoms with E-state index in [0.29, 0.717) is 0 Å². The Bertz CT molecular complexity index is 331. The van der Waals surface area contributed by atoms with Gasteiger partial charge in [0.2, 0.25) is 0 Å². The summed E-state index contributed by atoms with van der Waals surface area (Å²) < 4.78 is 5.40. The van der Waals surface area contributed by atoms with Gasteiger partial charge in [0.05, 0.1) is 13.2 Å². The number of hydrogen-bond donors (Lipinski definition) is 1. The Balaban J connectivity index is 1.98. The Morgan fingerprint density at radius 2 is 2.18 bits per heavy atom. The summed E-state index contributed by atoms with van der Waals surface area (Å²) in [5, 5.41) is 2.11. The first-order valence-electron chi connectivity index (χ1n) is 6.21. The van der Waals surface area contributed by atoms with Crippen molar-refractivity contribution in [1.29, 1.82) is 0 Å². The van der Waals surface area contributed by atoms with Crippen LogP contribution in [0.1, 0.15) is 18.7 Å². The fourth-order valence-electron chi connectivity index (χ4n) is 2.27. The molecule has 1 aliphatic heterocycles. The molecule has 0 aromatic carbocycles. The minimum absolute atomic E-state index is 0.0355. The fraction of sp³-hybridized carbons (Fsp3) is 0.692. The molecule has 0 saturated carbocycles. The van der Waals surface area contributed by atoms with Crippen LogP contribution < -0.4 is 5.73 Å². The summed E-state index contributed by atoms with van der Waals surface area (Å²) in [7, 11) is 0. The summed E-state index contributed by atoms with van der Waals surface area (Å²) in [5.41, 5.74) is 6.43. The van der Waals surface area contributed by atoms with Crippen molar-refractivity contribution < 1.29 is 4.74 Å². The zero-order valence-electron chi connectivity index (χ0n) is 10.7. The van der Waals surface area contributed by atoms with Crippen LogP contribution in [-0.4, -0.2) is 42.8 Å². The molecule has 1 fully saturated rings. The van der Waals surface area contributed by atoms with Gasteiger partial charge in [-0.15, -0.1) is 11.3 Å². The molecule has 17 heavy (non-hydrogen) atoms. The molecule has 2 N–H and O–H groups in total. The molecule has 0 radical (unpaired) electrons. The van der Waals surface area contributed by atoms with Crippen molar-refractivity contribution in [3.63, 3.8) is 0 Å². The monoisotopic (exact) mass is 254 g/mol. The summed E-state index contributed by atoms with van der Waals surface area (Å²) in [6.07, 6.45) is 0.960. The zero-order valence-corrected chi connectivity index (χ0v) is 11.5. The summed E-state index contributed by atoms with van der Waals surface area (Å²) in [4.78, 5) is 3.83. The lowest BCUT2D eigenvalue weighted by molar-refractivity contribution is -0.0185. The number of hydrogen-bond acceptors (Lipinski definition) is 4.